The van der Waals surface area contributed by atoms with E-state index >= 15 is 0 Å². The molecule has 2 fully saturated rings. The fourth-order valence-corrected chi connectivity index (χ4v) is 4.15. The van der Waals surface area contributed by atoms with E-state index in [2.05, 4.69) is 5.32 Å². The van der Waals surface area contributed by atoms with Crippen LogP contribution in [0.2, 0.25) is 0 Å². The normalized spacial score (nSPS) is 17.9. The smallest absolute Gasteiger partial charge is 0.310 e. The van der Waals surface area contributed by atoms with Gasteiger partial charge in [0, 0.05) is 44.4 Å². The Kier molecular flexibility index (Phi) is 8.61. The van der Waals surface area contributed by atoms with Crippen LogP contribution in [0.1, 0.15) is 43.0 Å². The van der Waals surface area contributed by atoms with Gasteiger partial charge in [0.1, 0.15) is 0 Å². The molecule has 0 radical (unpaired) electrons. The van der Waals surface area contributed by atoms with Crippen LogP contribution in [0.5, 0.6) is 0 Å². The summed E-state index contributed by atoms with van der Waals surface area (Å²) in [5.74, 6) is -1.63. The van der Waals surface area contributed by atoms with Gasteiger partial charge in [-0.25, -0.2) is 0 Å². The molecule has 2 saturated heterocycles. The number of hydrogen-bond acceptors (Lipinski definition) is 6. The molecule has 10 heteroatoms. The number of anilines is 1. The number of likely N-dealkylation sites (N-methyl/N-ethyl adjacent to an activating group) is 1. The fourth-order valence-electron chi connectivity index (χ4n) is 4.15. The molecule has 2 aliphatic heterocycles. The first-order chi connectivity index (χ1) is 16.3. The molecule has 2 heterocycles. The van der Waals surface area contributed by atoms with Gasteiger partial charge in [0.25, 0.3) is 5.91 Å². The van der Waals surface area contributed by atoms with Gasteiger partial charge >= 0.3 is 5.97 Å². The van der Waals surface area contributed by atoms with E-state index in [1.807, 2.05) is 0 Å². The topological polar surface area (TPSA) is 116 Å². The van der Waals surface area contributed by atoms with Gasteiger partial charge in [0.15, 0.2) is 0 Å². The van der Waals surface area contributed by atoms with Crippen LogP contribution in [0.15, 0.2) is 24.3 Å². The predicted octanol–water partition coefficient (Wildman–Crippen LogP) is 0.803. The zero-order chi connectivity index (χ0) is 24.7. The molecule has 34 heavy (non-hydrogen) atoms. The van der Waals surface area contributed by atoms with Crippen molar-refractivity contribution in [3.8, 4) is 0 Å². The second-order valence-corrected chi connectivity index (χ2v) is 8.56. The van der Waals surface area contributed by atoms with E-state index in [0.717, 1.165) is 12.1 Å². The van der Waals surface area contributed by atoms with Crippen molar-refractivity contribution in [2.24, 2.45) is 5.92 Å². The number of piperidine rings is 1. The standard InChI is InChI=1S/C24H32N4O6/c1-3-34-24(33)18-6-4-12-27(15-18)22(31)16-26(2)21(30)14-25-23(32)17-8-10-19(11-9-17)28-13-5-7-20(28)29/h8-11,18H,3-7,12-16H2,1-2H3,(H,25,32). The molecule has 0 spiro atoms. The summed E-state index contributed by atoms with van der Waals surface area (Å²) in [5, 5.41) is 2.57. The lowest BCUT2D eigenvalue weighted by Gasteiger charge is -2.32. The quantitative estimate of drug-likeness (QED) is 0.560. The summed E-state index contributed by atoms with van der Waals surface area (Å²) in [7, 11) is 1.50. The Bertz CT molecular complexity index is 932. The van der Waals surface area contributed by atoms with Crippen molar-refractivity contribution in [2.75, 3.05) is 51.3 Å². The fraction of sp³-hybridized carbons (Fsp3) is 0.542. The van der Waals surface area contributed by atoms with Crippen LogP contribution in [-0.4, -0.2) is 85.8 Å². The van der Waals surface area contributed by atoms with Crippen LogP contribution in [0.25, 0.3) is 0 Å². The number of amides is 4. The number of nitrogens with zero attached hydrogens (tertiary/aromatic N) is 3. The number of benzene rings is 1. The summed E-state index contributed by atoms with van der Waals surface area (Å²) < 4.78 is 5.06. The van der Waals surface area contributed by atoms with E-state index in [9.17, 15) is 24.0 Å². The average Bonchev–Trinajstić information content (AvgIpc) is 3.28. The van der Waals surface area contributed by atoms with Crippen LogP contribution in [0, 0.1) is 5.92 Å². The molecule has 1 aromatic carbocycles. The summed E-state index contributed by atoms with van der Waals surface area (Å²) in [5.41, 5.74) is 1.12. The lowest BCUT2D eigenvalue weighted by atomic mass is 9.98. The second kappa shape index (κ2) is 11.6. The molecule has 1 unspecified atom stereocenters. The number of esters is 1. The monoisotopic (exact) mass is 472 g/mol. The molecule has 1 atom stereocenters. The molecular formula is C24H32N4O6. The van der Waals surface area contributed by atoms with Crippen molar-refractivity contribution < 1.29 is 28.7 Å². The maximum absolute atomic E-state index is 12.6. The Morgan fingerprint density at radius 1 is 1.12 bits per heavy atom. The van der Waals surface area contributed by atoms with Gasteiger partial charge in [0.2, 0.25) is 17.7 Å². The van der Waals surface area contributed by atoms with E-state index in [1.54, 1.807) is 41.0 Å². The van der Waals surface area contributed by atoms with Crippen molar-refractivity contribution in [1.29, 1.82) is 0 Å². The minimum atomic E-state index is -0.416. The zero-order valence-corrected chi connectivity index (χ0v) is 19.7. The molecule has 0 aromatic heterocycles. The Morgan fingerprint density at radius 2 is 1.85 bits per heavy atom. The number of hydrogen-bond donors (Lipinski definition) is 1. The third-order valence-corrected chi connectivity index (χ3v) is 6.11. The lowest BCUT2D eigenvalue weighted by Crippen LogP contribution is -2.48. The molecule has 10 nitrogen and oxygen atoms in total. The molecule has 184 valence electrons. The van der Waals surface area contributed by atoms with Crippen LogP contribution in [0.4, 0.5) is 5.69 Å². The van der Waals surface area contributed by atoms with Crippen molar-refractivity contribution >= 4 is 35.3 Å². The average molecular weight is 473 g/mol. The summed E-state index contributed by atoms with van der Waals surface area (Å²) in [6.45, 7) is 3.15. The van der Waals surface area contributed by atoms with Gasteiger partial charge in [-0.05, 0) is 50.5 Å². The Labute approximate surface area is 199 Å². The van der Waals surface area contributed by atoms with Gasteiger partial charge < -0.3 is 24.8 Å². The van der Waals surface area contributed by atoms with Crippen molar-refractivity contribution in [1.82, 2.24) is 15.1 Å². The SMILES string of the molecule is CCOC(=O)C1CCCN(C(=O)CN(C)C(=O)CNC(=O)c2ccc(N3CCCC3=O)cc2)C1. The summed E-state index contributed by atoms with van der Waals surface area (Å²) in [6.07, 6.45) is 2.74. The minimum absolute atomic E-state index is 0.0707. The first-order valence-electron chi connectivity index (χ1n) is 11.7. The van der Waals surface area contributed by atoms with Crippen LogP contribution in [-0.2, 0) is 23.9 Å². The molecule has 0 bridgehead atoms. The maximum Gasteiger partial charge on any atom is 0.310 e. The van der Waals surface area contributed by atoms with Crippen LogP contribution >= 0.6 is 0 Å². The van der Waals surface area contributed by atoms with Gasteiger partial charge in [-0.1, -0.05) is 0 Å². The van der Waals surface area contributed by atoms with E-state index in [1.165, 1.54) is 11.9 Å². The number of ether oxygens (including phenoxy) is 1. The Morgan fingerprint density at radius 3 is 2.50 bits per heavy atom. The van der Waals surface area contributed by atoms with Gasteiger partial charge in [-0.3, -0.25) is 24.0 Å². The molecular weight excluding hydrogens is 440 g/mol. The van der Waals surface area contributed by atoms with Gasteiger partial charge in [-0.15, -0.1) is 0 Å². The molecule has 1 aromatic rings. The summed E-state index contributed by atoms with van der Waals surface area (Å²) in [6, 6.07) is 6.66. The van der Waals surface area contributed by atoms with Crippen LogP contribution < -0.4 is 10.2 Å². The number of carbonyl (C=O) groups excluding carboxylic acids is 5. The van der Waals surface area contributed by atoms with E-state index in [4.69, 9.17) is 4.74 Å². The number of carbonyl (C=O) groups is 5. The maximum atomic E-state index is 12.6. The first kappa shape index (κ1) is 25.2. The van der Waals surface area contributed by atoms with Crippen molar-refractivity contribution in [3.63, 3.8) is 0 Å². The minimum Gasteiger partial charge on any atom is -0.466 e. The second-order valence-electron chi connectivity index (χ2n) is 8.56. The highest BCUT2D eigenvalue weighted by Gasteiger charge is 2.30. The highest BCUT2D eigenvalue weighted by atomic mass is 16.5. The third-order valence-electron chi connectivity index (χ3n) is 6.11. The van der Waals surface area contributed by atoms with Crippen molar-refractivity contribution in [3.05, 3.63) is 29.8 Å². The van der Waals surface area contributed by atoms with E-state index in [-0.39, 0.29) is 43.3 Å². The third kappa shape index (κ3) is 6.33. The van der Waals surface area contributed by atoms with Crippen LogP contribution in [0.3, 0.4) is 0 Å². The van der Waals surface area contributed by atoms with E-state index in [0.29, 0.717) is 44.5 Å². The van der Waals surface area contributed by atoms with Gasteiger partial charge in [-0.2, -0.15) is 0 Å². The largest absolute Gasteiger partial charge is 0.466 e. The first-order valence-corrected chi connectivity index (χ1v) is 11.7. The molecule has 3 rings (SSSR count). The highest BCUT2D eigenvalue weighted by molar-refractivity contribution is 5.98. The predicted molar refractivity (Wildman–Crippen MR) is 124 cm³/mol. The number of nitrogens with one attached hydrogen (secondary N) is 1. The lowest BCUT2D eigenvalue weighted by molar-refractivity contribution is -0.152. The number of likely N-dealkylation sites (tertiary alicyclic amines) is 1. The molecule has 0 saturated carbocycles. The van der Waals surface area contributed by atoms with Gasteiger partial charge in [0.05, 0.1) is 25.6 Å². The summed E-state index contributed by atoms with van der Waals surface area (Å²) in [4.78, 5) is 65.8. The van der Waals surface area contributed by atoms with E-state index < -0.39 is 11.8 Å². The summed E-state index contributed by atoms with van der Waals surface area (Å²) >= 11 is 0. The highest BCUT2D eigenvalue weighted by Crippen LogP contribution is 2.21. The molecule has 1 N–H and O–H groups in total. The molecule has 2 aliphatic rings. The Balaban J connectivity index is 1.45. The number of rotatable bonds is 8. The van der Waals surface area contributed by atoms with Crippen molar-refractivity contribution in [2.45, 2.75) is 32.6 Å². The molecule has 4 amide bonds. The zero-order valence-electron chi connectivity index (χ0n) is 19.7. The Hall–Kier alpha value is -3.43. The molecule has 0 aliphatic carbocycles.